The van der Waals surface area contributed by atoms with E-state index in [1.807, 2.05) is 0 Å². The van der Waals surface area contributed by atoms with E-state index in [4.69, 9.17) is 5.73 Å². The first kappa shape index (κ1) is 10.4. The van der Waals surface area contributed by atoms with Gasteiger partial charge in [-0.05, 0) is 31.1 Å². The number of nitrogens with two attached hydrogens (primary N) is 1. The van der Waals surface area contributed by atoms with Gasteiger partial charge >= 0.3 is 6.03 Å². The maximum Gasteiger partial charge on any atom is 0.314 e. The fourth-order valence-corrected chi connectivity index (χ4v) is 2.01. The third-order valence-corrected chi connectivity index (χ3v) is 2.53. The van der Waals surface area contributed by atoms with Crippen molar-refractivity contribution in [1.29, 1.82) is 0 Å². The second-order valence-corrected chi connectivity index (χ2v) is 4.20. The minimum absolute atomic E-state index is 0.265. The van der Waals surface area contributed by atoms with E-state index in [0.29, 0.717) is 5.92 Å². The van der Waals surface area contributed by atoms with E-state index in [1.165, 1.54) is 12.3 Å². The molecule has 3 heteroatoms. The molecular formula is C10H19N2O. The van der Waals surface area contributed by atoms with Crippen molar-refractivity contribution in [3.8, 4) is 0 Å². The second kappa shape index (κ2) is 4.49. The summed E-state index contributed by atoms with van der Waals surface area (Å²) >= 11 is 0. The molecule has 0 aromatic carbocycles. The summed E-state index contributed by atoms with van der Waals surface area (Å²) in [7, 11) is 0. The van der Waals surface area contributed by atoms with E-state index >= 15 is 0 Å². The van der Waals surface area contributed by atoms with Gasteiger partial charge in [-0.2, -0.15) is 0 Å². The molecule has 75 valence electrons. The van der Waals surface area contributed by atoms with Gasteiger partial charge in [0, 0.05) is 13.1 Å². The lowest BCUT2D eigenvalue weighted by Gasteiger charge is -2.32. The summed E-state index contributed by atoms with van der Waals surface area (Å²) in [5.41, 5.74) is 5.24. The van der Waals surface area contributed by atoms with Gasteiger partial charge in [0.2, 0.25) is 0 Å². The van der Waals surface area contributed by atoms with Crippen LogP contribution >= 0.6 is 0 Å². The number of hydrogen-bond donors (Lipinski definition) is 1. The molecule has 0 spiro atoms. The van der Waals surface area contributed by atoms with Crippen LogP contribution in [0.25, 0.3) is 0 Å². The third-order valence-electron chi connectivity index (χ3n) is 2.53. The molecule has 1 aliphatic rings. The molecule has 0 aromatic rings. The lowest BCUT2D eigenvalue weighted by Crippen LogP contribution is -2.43. The molecule has 2 N–H and O–H groups in total. The van der Waals surface area contributed by atoms with Gasteiger partial charge in [0.25, 0.3) is 0 Å². The summed E-state index contributed by atoms with van der Waals surface area (Å²) in [5, 5.41) is 0. The summed E-state index contributed by atoms with van der Waals surface area (Å²) < 4.78 is 0. The Balaban J connectivity index is 2.37. The number of hydrogen-bond acceptors (Lipinski definition) is 1. The number of carbonyl (C=O) groups excluding carboxylic acids is 1. The van der Waals surface area contributed by atoms with Crippen molar-refractivity contribution in [1.82, 2.24) is 4.90 Å². The molecular weight excluding hydrogens is 164 g/mol. The van der Waals surface area contributed by atoms with Gasteiger partial charge in [0.15, 0.2) is 0 Å². The number of carbonyl (C=O) groups is 1. The average Bonchev–Trinajstić information content (AvgIpc) is 2.03. The zero-order chi connectivity index (χ0) is 9.84. The maximum atomic E-state index is 10.9. The fourth-order valence-electron chi connectivity index (χ4n) is 2.01. The van der Waals surface area contributed by atoms with E-state index in [2.05, 4.69) is 13.8 Å². The number of amides is 2. The minimum Gasteiger partial charge on any atom is -0.351 e. The standard InChI is InChI=1S/C10H19N2O/c1-8(2)6-9-4-3-5-12(7-9)10(11)13/h9H,3-7H2,1-2H3,(H2,11,13)/t9-/m0/s1. The van der Waals surface area contributed by atoms with Gasteiger partial charge in [-0.1, -0.05) is 13.8 Å². The molecule has 1 aliphatic heterocycles. The summed E-state index contributed by atoms with van der Waals surface area (Å²) in [6, 6.07) is -0.265. The molecule has 0 unspecified atom stereocenters. The van der Waals surface area contributed by atoms with E-state index < -0.39 is 0 Å². The van der Waals surface area contributed by atoms with Gasteiger partial charge in [0.05, 0.1) is 0 Å². The van der Waals surface area contributed by atoms with Crippen molar-refractivity contribution in [2.45, 2.75) is 33.1 Å². The number of nitrogens with zero attached hydrogens (tertiary/aromatic N) is 1. The number of primary amides is 1. The van der Waals surface area contributed by atoms with Gasteiger partial charge in [-0.3, -0.25) is 0 Å². The Hall–Kier alpha value is -0.730. The predicted octanol–water partition coefficient (Wildman–Crippen LogP) is 1.78. The Bertz CT molecular complexity index is 180. The highest BCUT2D eigenvalue weighted by molar-refractivity contribution is 5.72. The first-order valence-corrected chi connectivity index (χ1v) is 4.93. The highest BCUT2D eigenvalue weighted by Crippen LogP contribution is 2.23. The summed E-state index contributed by atoms with van der Waals surface area (Å²) in [6.07, 6.45) is 3.46. The van der Waals surface area contributed by atoms with Crippen LogP contribution in [0.3, 0.4) is 0 Å². The molecule has 1 radical (unpaired) electrons. The molecule has 1 fully saturated rings. The van der Waals surface area contributed by atoms with Gasteiger partial charge in [-0.25, -0.2) is 4.79 Å². The van der Waals surface area contributed by atoms with E-state index in [1.54, 1.807) is 4.90 Å². The number of likely N-dealkylation sites (tertiary alicyclic amines) is 1. The van der Waals surface area contributed by atoms with Crippen LogP contribution in [0.1, 0.15) is 33.1 Å². The second-order valence-electron chi connectivity index (χ2n) is 4.20. The Morgan fingerprint density at radius 2 is 2.23 bits per heavy atom. The van der Waals surface area contributed by atoms with Crippen molar-refractivity contribution in [2.75, 3.05) is 13.1 Å². The Labute approximate surface area is 80.3 Å². The Morgan fingerprint density at radius 1 is 1.54 bits per heavy atom. The largest absolute Gasteiger partial charge is 0.351 e. The maximum absolute atomic E-state index is 10.9. The molecule has 0 bridgehead atoms. The van der Waals surface area contributed by atoms with Crippen LogP contribution in [0.5, 0.6) is 0 Å². The molecule has 1 heterocycles. The first-order chi connectivity index (χ1) is 6.09. The highest BCUT2D eigenvalue weighted by Gasteiger charge is 2.22. The monoisotopic (exact) mass is 183 g/mol. The molecule has 0 saturated carbocycles. The van der Waals surface area contributed by atoms with Gasteiger partial charge < -0.3 is 10.6 Å². The smallest absolute Gasteiger partial charge is 0.314 e. The van der Waals surface area contributed by atoms with E-state index in [9.17, 15) is 4.79 Å². The highest BCUT2D eigenvalue weighted by atomic mass is 16.2. The molecule has 3 nitrogen and oxygen atoms in total. The van der Waals surface area contributed by atoms with E-state index in [0.717, 1.165) is 25.9 Å². The number of piperidine rings is 1. The summed E-state index contributed by atoms with van der Waals surface area (Å²) in [6.45, 7) is 5.97. The molecule has 13 heavy (non-hydrogen) atoms. The normalized spacial score (nSPS) is 23.6. The lowest BCUT2D eigenvalue weighted by molar-refractivity contribution is 0.172. The first-order valence-electron chi connectivity index (χ1n) is 4.93. The van der Waals surface area contributed by atoms with Crippen LogP contribution < -0.4 is 5.73 Å². The SMILES string of the molecule is C[C](C)C[C@@H]1CCCN(C(N)=O)C1. The molecule has 1 saturated heterocycles. The van der Waals surface area contributed by atoms with Crippen molar-refractivity contribution in [3.63, 3.8) is 0 Å². The van der Waals surface area contributed by atoms with Crippen molar-refractivity contribution < 1.29 is 4.79 Å². The molecule has 1 rings (SSSR count). The zero-order valence-corrected chi connectivity index (χ0v) is 8.55. The van der Waals surface area contributed by atoms with Crippen molar-refractivity contribution in [3.05, 3.63) is 5.92 Å². The average molecular weight is 183 g/mol. The van der Waals surface area contributed by atoms with Crippen LogP contribution in [0.15, 0.2) is 0 Å². The zero-order valence-electron chi connectivity index (χ0n) is 8.55. The fraction of sp³-hybridized carbons (Fsp3) is 0.800. The number of rotatable bonds is 2. The summed E-state index contributed by atoms with van der Waals surface area (Å²) in [5.74, 6) is 2.07. The van der Waals surface area contributed by atoms with Gasteiger partial charge in [-0.15, -0.1) is 0 Å². The van der Waals surface area contributed by atoms with Crippen LogP contribution in [0.2, 0.25) is 0 Å². The molecule has 0 aromatic heterocycles. The quantitative estimate of drug-likeness (QED) is 0.697. The molecule has 0 aliphatic carbocycles. The minimum atomic E-state index is -0.265. The van der Waals surface area contributed by atoms with Crippen molar-refractivity contribution >= 4 is 6.03 Å². The van der Waals surface area contributed by atoms with Gasteiger partial charge in [0.1, 0.15) is 0 Å². The predicted molar refractivity (Wildman–Crippen MR) is 53.1 cm³/mol. The topological polar surface area (TPSA) is 46.3 Å². The number of urea groups is 1. The van der Waals surface area contributed by atoms with Crippen LogP contribution in [0.4, 0.5) is 4.79 Å². The third kappa shape index (κ3) is 3.25. The van der Waals surface area contributed by atoms with Crippen LogP contribution in [-0.4, -0.2) is 24.0 Å². The Morgan fingerprint density at radius 3 is 2.77 bits per heavy atom. The lowest BCUT2D eigenvalue weighted by atomic mass is 9.90. The van der Waals surface area contributed by atoms with Crippen LogP contribution in [-0.2, 0) is 0 Å². The Kier molecular flexibility index (Phi) is 3.58. The van der Waals surface area contributed by atoms with Crippen molar-refractivity contribution in [2.24, 2.45) is 11.7 Å². The summed E-state index contributed by atoms with van der Waals surface area (Å²) in [4.78, 5) is 12.7. The van der Waals surface area contributed by atoms with E-state index in [-0.39, 0.29) is 6.03 Å². The molecule has 1 atom stereocenters. The van der Waals surface area contributed by atoms with Crippen LogP contribution in [0, 0.1) is 11.8 Å². The molecule has 2 amide bonds.